The summed E-state index contributed by atoms with van der Waals surface area (Å²) in [6.07, 6.45) is 2.47. The van der Waals surface area contributed by atoms with Crippen molar-refractivity contribution in [1.82, 2.24) is 4.90 Å². The molecule has 0 radical (unpaired) electrons. The highest BCUT2D eigenvalue weighted by Crippen LogP contribution is 2.25. The van der Waals surface area contributed by atoms with Gasteiger partial charge in [0.25, 0.3) is 5.91 Å². The molecule has 2 aromatic carbocycles. The summed E-state index contributed by atoms with van der Waals surface area (Å²) in [5, 5.41) is 9.35. The first-order valence-corrected chi connectivity index (χ1v) is 7.35. The average Bonchev–Trinajstić information content (AvgIpc) is 3.03. The number of aromatic hydroxyl groups is 1. The molecule has 4 heteroatoms. The molecule has 0 aromatic heterocycles. The highest BCUT2D eigenvalue weighted by Gasteiger charge is 2.28. The van der Waals surface area contributed by atoms with Gasteiger partial charge in [-0.1, -0.05) is 24.3 Å². The van der Waals surface area contributed by atoms with Crippen LogP contribution in [-0.4, -0.2) is 34.8 Å². The fraction of sp³-hybridized carbons (Fsp3) is 0.222. The zero-order valence-corrected chi connectivity index (χ0v) is 12.1. The van der Waals surface area contributed by atoms with Gasteiger partial charge < -0.3 is 14.8 Å². The number of hydrogen-bond acceptors (Lipinski definition) is 3. The molecule has 1 heterocycles. The Kier molecular flexibility index (Phi) is 3.92. The van der Waals surface area contributed by atoms with Gasteiger partial charge in [0.05, 0.1) is 6.04 Å². The van der Waals surface area contributed by atoms with Gasteiger partial charge in [-0.25, -0.2) is 0 Å². The van der Waals surface area contributed by atoms with Gasteiger partial charge in [-0.3, -0.25) is 4.79 Å². The van der Waals surface area contributed by atoms with Gasteiger partial charge in [0.1, 0.15) is 12.0 Å². The molecule has 0 spiro atoms. The minimum atomic E-state index is -0.301. The zero-order chi connectivity index (χ0) is 15.5. The minimum absolute atomic E-state index is 0.102. The molecular weight excluding hydrogens is 278 g/mol. The summed E-state index contributed by atoms with van der Waals surface area (Å²) >= 11 is 0. The van der Waals surface area contributed by atoms with E-state index in [1.807, 2.05) is 30.3 Å². The summed E-state index contributed by atoms with van der Waals surface area (Å²) in [5.74, 6) is 0.108. The standard InChI is InChI=1S/C18H17NO3/c20-12-16-5-2-10-19(16)18(22)15-4-1-3-14(11-15)13-6-8-17(21)9-7-13/h1,3-4,6-9,11-12,16,21H,2,5,10H2. The molecule has 1 atom stereocenters. The number of carbonyl (C=O) groups excluding carboxylic acids is 2. The number of aldehydes is 1. The highest BCUT2D eigenvalue weighted by atomic mass is 16.3. The van der Waals surface area contributed by atoms with Gasteiger partial charge in [0.15, 0.2) is 0 Å². The van der Waals surface area contributed by atoms with Gasteiger partial charge in [-0.05, 0) is 48.2 Å². The smallest absolute Gasteiger partial charge is 0.254 e. The van der Waals surface area contributed by atoms with Crippen molar-refractivity contribution >= 4 is 12.2 Å². The number of likely N-dealkylation sites (tertiary alicyclic amines) is 1. The van der Waals surface area contributed by atoms with Crippen molar-refractivity contribution in [1.29, 1.82) is 0 Å². The van der Waals surface area contributed by atoms with Gasteiger partial charge in [0, 0.05) is 12.1 Å². The molecule has 1 amide bonds. The van der Waals surface area contributed by atoms with E-state index in [-0.39, 0.29) is 17.7 Å². The van der Waals surface area contributed by atoms with Crippen molar-refractivity contribution in [3.8, 4) is 16.9 Å². The van der Waals surface area contributed by atoms with E-state index in [2.05, 4.69) is 0 Å². The summed E-state index contributed by atoms with van der Waals surface area (Å²) in [7, 11) is 0. The SMILES string of the molecule is O=CC1CCCN1C(=O)c1cccc(-c2ccc(O)cc2)c1. The van der Waals surface area contributed by atoms with Crippen LogP contribution >= 0.6 is 0 Å². The Hall–Kier alpha value is -2.62. The second kappa shape index (κ2) is 6.02. The number of phenolic OH excluding ortho intramolecular Hbond substituents is 1. The number of hydrogen-bond donors (Lipinski definition) is 1. The number of nitrogens with zero attached hydrogens (tertiary/aromatic N) is 1. The monoisotopic (exact) mass is 295 g/mol. The number of amides is 1. The molecule has 0 bridgehead atoms. The van der Waals surface area contributed by atoms with Crippen molar-refractivity contribution in [3.05, 3.63) is 54.1 Å². The van der Waals surface area contributed by atoms with Crippen LogP contribution in [0.2, 0.25) is 0 Å². The van der Waals surface area contributed by atoms with Crippen molar-refractivity contribution in [2.45, 2.75) is 18.9 Å². The van der Waals surface area contributed by atoms with Gasteiger partial charge in [0.2, 0.25) is 0 Å². The third-order valence-electron chi connectivity index (χ3n) is 4.03. The average molecular weight is 295 g/mol. The van der Waals surface area contributed by atoms with Crippen LogP contribution < -0.4 is 0 Å². The lowest BCUT2D eigenvalue weighted by atomic mass is 10.0. The second-order valence-corrected chi connectivity index (χ2v) is 5.47. The Bertz CT molecular complexity index is 694. The van der Waals surface area contributed by atoms with Crippen LogP contribution in [0.1, 0.15) is 23.2 Å². The molecule has 0 saturated carbocycles. The van der Waals surface area contributed by atoms with Crippen molar-refractivity contribution in [3.63, 3.8) is 0 Å². The lowest BCUT2D eigenvalue weighted by molar-refractivity contribution is -0.111. The molecule has 0 aliphatic carbocycles. The fourth-order valence-electron chi connectivity index (χ4n) is 2.84. The summed E-state index contributed by atoms with van der Waals surface area (Å²) in [6, 6.07) is 13.9. The van der Waals surface area contributed by atoms with E-state index in [4.69, 9.17) is 0 Å². The second-order valence-electron chi connectivity index (χ2n) is 5.47. The maximum Gasteiger partial charge on any atom is 0.254 e. The zero-order valence-electron chi connectivity index (χ0n) is 12.1. The largest absolute Gasteiger partial charge is 0.508 e. The molecule has 4 nitrogen and oxygen atoms in total. The Morgan fingerprint density at radius 3 is 2.64 bits per heavy atom. The molecule has 2 aromatic rings. The van der Waals surface area contributed by atoms with Gasteiger partial charge >= 0.3 is 0 Å². The van der Waals surface area contributed by atoms with Crippen molar-refractivity contribution in [2.75, 3.05) is 6.54 Å². The van der Waals surface area contributed by atoms with E-state index in [0.29, 0.717) is 12.1 Å². The van der Waals surface area contributed by atoms with E-state index in [9.17, 15) is 14.7 Å². The van der Waals surface area contributed by atoms with Gasteiger partial charge in [-0.2, -0.15) is 0 Å². The summed E-state index contributed by atoms with van der Waals surface area (Å²) in [4.78, 5) is 25.3. The first-order valence-electron chi connectivity index (χ1n) is 7.35. The molecule has 3 rings (SSSR count). The summed E-state index contributed by atoms with van der Waals surface area (Å²) in [5.41, 5.74) is 2.42. The predicted octanol–water partition coefficient (Wildman–Crippen LogP) is 2.86. The van der Waals surface area contributed by atoms with Gasteiger partial charge in [-0.15, -0.1) is 0 Å². The molecule has 22 heavy (non-hydrogen) atoms. The van der Waals surface area contributed by atoms with Crippen molar-refractivity contribution < 1.29 is 14.7 Å². The molecular formula is C18H17NO3. The molecule has 1 saturated heterocycles. The van der Waals surface area contributed by atoms with E-state index in [0.717, 1.165) is 30.3 Å². The fourth-order valence-corrected chi connectivity index (χ4v) is 2.84. The Balaban J connectivity index is 1.89. The number of phenols is 1. The van der Waals surface area contributed by atoms with E-state index >= 15 is 0 Å². The van der Waals surface area contributed by atoms with Crippen LogP contribution in [0.5, 0.6) is 5.75 Å². The Morgan fingerprint density at radius 1 is 1.14 bits per heavy atom. The minimum Gasteiger partial charge on any atom is -0.508 e. The quantitative estimate of drug-likeness (QED) is 0.886. The molecule has 112 valence electrons. The number of rotatable bonds is 3. The Morgan fingerprint density at radius 2 is 1.91 bits per heavy atom. The first kappa shape index (κ1) is 14.3. The van der Waals surface area contributed by atoms with Crippen LogP contribution in [0.15, 0.2) is 48.5 Å². The topological polar surface area (TPSA) is 57.6 Å². The third kappa shape index (κ3) is 2.72. The highest BCUT2D eigenvalue weighted by molar-refractivity contribution is 5.97. The van der Waals surface area contributed by atoms with Crippen LogP contribution in [0.4, 0.5) is 0 Å². The number of benzene rings is 2. The summed E-state index contributed by atoms with van der Waals surface area (Å²) in [6.45, 7) is 0.631. The summed E-state index contributed by atoms with van der Waals surface area (Å²) < 4.78 is 0. The molecule has 1 fully saturated rings. The molecule has 1 N–H and O–H groups in total. The van der Waals surface area contributed by atoms with Crippen LogP contribution in [0.3, 0.4) is 0 Å². The van der Waals surface area contributed by atoms with Crippen molar-refractivity contribution in [2.24, 2.45) is 0 Å². The maximum atomic E-state index is 12.6. The first-order chi connectivity index (χ1) is 10.7. The predicted molar refractivity (Wildman–Crippen MR) is 83.7 cm³/mol. The maximum absolute atomic E-state index is 12.6. The molecule has 1 unspecified atom stereocenters. The lowest BCUT2D eigenvalue weighted by Crippen LogP contribution is -2.36. The van der Waals surface area contributed by atoms with E-state index < -0.39 is 0 Å². The third-order valence-corrected chi connectivity index (χ3v) is 4.03. The lowest BCUT2D eigenvalue weighted by Gasteiger charge is -2.20. The Labute approximate surface area is 129 Å². The van der Waals surface area contributed by atoms with Crippen LogP contribution in [0, 0.1) is 0 Å². The van der Waals surface area contributed by atoms with Crippen LogP contribution in [-0.2, 0) is 4.79 Å². The molecule has 1 aliphatic heterocycles. The van der Waals surface area contributed by atoms with E-state index in [1.165, 1.54) is 0 Å². The number of carbonyl (C=O) groups is 2. The van der Waals surface area contributed by atoms with E-state index in [1.54, 1.807) is 23.1 Å². The van der Waals surface area contributed by atoms with Crippen LogP contribution in [0.25, 0.3) is 11.1 Å². The molecule has 1 aliphatic rings. The normalized spacial score (nSPS) is 17.5.